The zero-order valence-corrected chi connectivity index (χ0v) is 13.7. The number of fused-ring (bicyclic) bond motifs is 1. The third-order valence-corrected chi connectivity index (χ3v) is 6.38. The summed E-state index contributed by atoms with van der Waals surface area (Å²) in [4.78, 5) is 0. The Kier molecular flexibility index (Phi) is 3.49. The highest BCUT2D eigenvalue weighted by Crippen LogP contribution is 2.40. The van der Waals surface area contributed by atoms with Crippen molar-refractivity contribution in [3.8, 4) is 0 Å². The molecule has 3 nitrogen and oxygen atoms in total. The van der Waals surface area contributed by atoms with Gasteiger partial charge >= 0.3 is 0 Å². The van der Waals surface area contributed by atoms with E-state index in [9.17, 15) is 8.42 Å². The van der Waals surface area contributed by atoms with Gasteiger partial charge in [-0.15, -0.1) is 6.58 Å². The second-order valence-corrected chi connectivity index (χ2v) is 9.07. The second kappa shape index (κ2) is 4.62. The summed E-state index contributed by atoms with van der Waals surface area (Å²) in [6.45, 7) is 13.1. The maximum absolute atomic E-state index is 12.9. The lowest BCUT2D eigenvalue weighted by molar-refractivity contribution is 0.552. The fourth-order valence-corrected chi connectivity index (χ4v) is 4.22. The van der Waals surface area contributed by atoms with Gasteiger partial charge in [0.25, 0.3) is 0 Å². The van der Waals surface area contributed by atoms with Gasteiger partial charge in [0, 0.05) is 0 Å². The highest BCUT2D eigenvalue weighted by Gasteiger charge is 2.43. The number of nitrogens with zero attached hydrogens (tertiary/aromatic N) is 1. The average molecular weight is 293 g/mol. The molecule has 1 atom stereocenters. The van der Waals surface area contributed by atoms with Gasteiger partial charge in [-0.05, 0) is 63.8 Å². The van der Waals surface area contributed by atoms with E-state index in [-0.39, 0.29) is 6.04 Å². The van der Waals surface area contributed by atoms with Crippen LogP contribution in [0.15, 0.2) is 24.8 Å². The molecule has 0 amide bonds. The largest absolute Gasteiger partial charge is 0.262 e. The minimum atomic E-state index is -3.42. The molecule has 1 aromatic carbocycles. The van der Waals surface area contributed by atoms with Crippen LogP contribution in [0.3, 0.4) is 0 Å². The van der Waals surface area contributed by atoms with E-state index in [1.54, 1.807) is 31.2 Å². The topological polar surface area (TPSA) is 37.4 Å². The van der Waals surface area contributed by atoms with Gasteiger partial charge < -0.3 is 0 Å². The van der Waals surface area contributed by atoms with Crippen molar-refractivity contribution in [1.82, 2.24) is 0 Å². The molecule has 0 saturated carbocycles. The van der Waals surface area contributed by atoms with E-state index in [0.29, 0.717) is 6.42 Å². The van der Waals surface area contributed by atoms with Gasteiger partial charge in [0.2, 0.25) is 10.0 Å². The molecular formula is C16H23NO2S. The minimum Gasteiger partial charge on any atom is -0.262 e. The first kappa shape index (κ1) is 15.1. The van der Waals surface area contributed by atoms with E-state index >= 15 is 0 Å². The van der Waals surface area contributed by atoms with Crippen LogP contribution in [0.4, 0.5) is 5.69 Å². The Balaban J connectivity index is 2.69. The lowest BCUT2D eigenvalue weighted by Crippen LogP contribution is -2.46. The Bertz CT molecular complexity index is 654. The van der Waals surface area contributed by atoms with Gasteiger partial charge in [0.1, 0.15) is 0 Å². The zero-order chi connectivity index (χ0) is 15.3. The van der Waals surface area contributed by atoms with Gasteiger partial charge in [0.15, 0.2) is 0 Å². The van der Waals surface area contributed by atoms with E-state index in [2.05, 4.69) is 12.6 Å². The van der Waals surface area contributed by atoms with Gasteiger partial charge in [-0.2, -0.15) is 0 Å². The summed E-state index contributed by atoms with van der Waals surface area (Å²) in [7, 11) is -3.42. The van der Waals surface area contributed by atoms with Crippen LogP contribution in [-0.2, 0) is 16.4 Å². The third kappa shape index (κ3) is 2.16. The predicted molar refractivity (Wildman–Crippen MR) is 84.8 cm³/mol. The van der Waals surface area contributed by atoms with Gasteiger partial charge in [-0.3, -0.25) is 4.31 Å². The Morgan fingerprint density at radius 3 is 2.40 bits per heavy atom. The highest BCUT2D eigenvalue weighted by molar-refractivity contribution is 7.94. The summed E-state index contributed by atoms with van der Waals surface area (Å²) in [6, 6.07) is 3.89. The summed E-state index contributed by atoms with van der Waals surface area (Å²) in [6.07, 6.45) is 2.44. The maximum Gasteiger partial charge on any atom is 0.240 e. The second-order valence-electron chi connectivity index (χ2n) is 6.50. The molecule has 110 valence electrons. The number of sulfonamides is 1. The quantitative estimate of drug-likeness (QED) is 0.784. The van der Waals surface area contributed by atoms with Gasteiger partial charge in [0.05, 0.1) is 16.5 Å². The Morgan fingerprint density at radius 1 is 1.30 bits per heavy atom. The highest BCUT2D eigenvalue weighted by atomic mass is 32.2. The number of rotatable bonds is 2. The van der Waals surface area contributed by atoms with Crippen molar-refractivity contribution >= 4 is 15.7 Å². The molecule has 0 aliphatic carbocycles. The lowest BCUT2D eigenvalue weighted by atomic mass is 10.0. The zero-order valence-electron chi connectivity index (χ0n) is 12.9. The van der Waals surface area contributed by atoms with Crippen molar-refractivity contribution in [3.63, 3.8) is 0 Å². The first-order valence-corrected chi connectivity index (χ1v) is 8.30. The van der Waals surface area contributed by atoms with Gasteiger partial charge in [-0.1, -0.05) is 12.1 Å². The molecule has 0 aromatic heterocycles. The number of anilines is 1. The molecule has 2 rings (SSSR count). The van der Waals surface area contributed by atoms with E-state index in [1.807, 2.05) is 19.9 Å². The average Bonchev–Trinajstić information content (AvgIpc) is 2.66. The summed E-state index contributed by atoms with van der Waals surface area (Å²) in [5, 5.41) is 0. The van der Waals surface area contributed by atoms with Crippen molar-refractivity contribution in [2.75, 3.05) is 4.31 Å². The van der Waals surface area contributed by atoms with Crippen LogP contribution in [0.5, 0.6) is 0 Å². The molecule has 4 heteroatoms. The molecule has 0 saturated heterocycles. The molecule has 20 heavy (non-hydrogen) atoms. The van der Waals surface area contributed by atoms with Crippen LogP contribution in [0, 0.1) is 13.8 Å². The molecular weight excluding hydrogens is 270 g/mol. The fourth-order valence-electron chi connectivity index (χ4n) is 2.69. The van der Waals surface area contributed by atoms with Crippen LogP contribution < -0.4 is 4.31 Å². The fraction of sp³-hybridized carbons (Fsp3) is 0.500. The molecule has 1 aliphatic rings. The molecule has 0 radical (unpaired) electrons. The first-order chi connectivity index (χ1) is 9.09. The molecule has 0 unspecified atom stereocenters. The van der Waals surface area contributed by atoms with E-state index in [4.69, 9.17) is 0 Å². The molecule has 1 heterocycles. The summed E-state index contributed by atoms with van der Waals surface area (Å²) in [5.41, 5.74) is 4.18. The van der Waals surface area contributed by atoms with Crippen molar-refractivity contribution in [3.05, 3.63) is 41.5 Å². The number of hydrogen-bond donors (Lipinski definition) is 0. The summed E-state index contributed by atoms with van der Waals surface area (Å²) in [5.74, 6) is 0. The monoisotopic (exact) mass is 293 g/mol. The van der Waals surface area contributed by atoms with Crippen LogP contribution in [0.25, 0.3) is 0 Å². The molecule has 1 aliphatic heterocycles. The van der Waals surface area contributed by atoms with Crippen molar-refractivity contribution < 1.29 is 8.42 Å². The molecule has 0 fully saturated rings. The third-order valence-electron chi connectivity index (χ3n) is 3.85. The Labute approximate surface area is 122 Å². The smallest absolute Gasteiger partial charge is 0.240 e. The Morgan fingerprint density at radius 2 is 1.90 bits per heavy atom. The van der Waals surface area contributed by atoms with Crippen molar-refractivity contribution in [2.45, 2.75) is 51.8 Å². The van der Waals surface area contributed by atoms with Crippen molar-refractivity contribution in [1.29, 1.82) is 0 Å². The molecule has 0 N–H and O–H groups in total. The minimum absolute atomic E-state index is 0.185. The Hall–Kier alpha value is -1.29. The number of benzene rings is 1. The summed E-state index contributed by atoms with van der Waals surface area (Å²) >= 11 is 0. The van der Waals surface area contributed by atoms with Crippen molar-refractivity contribution in [2.24, 2.45) is 0 Å². The maximum atomic E-state index is 12.9. The van der Waals surface area contributed by atoms with Crippen LogP contribution in [-0.4, -0.2) is 19.2 Å². The molecule has 0 bridgehead atoms. The van der Waals surface area contributed by atoms with Crippen LogP contribution in [0.1, 0.15) is 37.5 Å². The lowest BCUT2D eigenvalue weighted by Gasteiger charge is -2.32. The van der Waals surface area contributed by atoms with E-state index < -0.39 is 14.8 Å². The standard InChI is InChI=1S/C16H23NO2S/c1-7-13-10-14-12(3)8-11(2)9-15(14)17(13)20(18,19)16(4,5)6/h7-9,13H,1,10H2,2-6H3/t13-/m1/s1. The van der Waals surface area contributed by atoms with Crippen LogP contribution >= 0.6 is 0 Å². The summed E-state index contributed by atoms with van der Waals surface area (Å²) < 4.78 is 26.5. The van der Waals surface area contributed by atoms with E-state index in [0.717, 1.165) is 22.4 Å². The number of aryl methyl sites for hydroxylation is 2. The predicted octanol–water partition coefficient (Wildman–Crippen LogP) is 3.35. The SMILES string of the molecule is C=C[C@@H]1Cc2c(C)cc(C)cc2N1S(=O)(=O)C(C)(C)C. The molecule has 0 spiro atoms. The number of hydrogen-bond acceptors (Lipinski definition) is 2. The van der Waals surface area contributed by atoms with E-state index in [1.165, 1.54) is 0 Å². The van der Waals surface area contributed by atoms with Crippen LogP contribution in [0.2, 0.25) is 0 Å². The normalized spacial score (nSPS) is 19.1. The first-order valence-electron chi connectivity index (χ1n) is 6.86. The molecule has 1 aromatic rings. The van der Waals surface area contributed by atoms with Gasteiger partial charge in [-0.25, -0.2) is 8.42 Å².